The first-order valence-electron chi connectivity index (χ1n) is 8.57. The topological polar surface area (TPSA) is 80.3 Å². The quantitative estimate of drug-likeness (QED) is 0.282. The van der Waals surface area contributed by atoms with E-state index in [9.17, 15) is 9.13 Å². The Morgan fingerprint density at radius 1 is 0.846 bits per heavy atom. The first kappa shape index (κ1) is 23.9. The van der Waals surface area contributed by atoms with Crippen LogP contribution in [-0.4, -0.2) is 38.0 Å². The molecule has 1 aromatic carbocycles. The Hall–Kier alpha value is -0.170. The molecule has 26 heavy (non-hydrogen) atoms. The number of benzene rings is 1. The second-order valence-corrected chi connectivity index (χ2v) is 9.73. The molecule has 0 aromatic heterocycles. The van der Waals surface area contributed by atoms with Crippen LogP contribution in [0.15, 0.2) is 35.2 Å². The molecule has 1 aromatic rings. The van der Waals surface area contributed by atoms with Gasteiger partial charge in [0.25, 0.3) is 0 Å². The molecule has 0 N–H and O–H groups in total. The van der Waals surface area contributed by atoms with Gasteiger partial charge in [0.15, 0.2) is 5.85 Å². The first-order valence-corrected chi connectivity index (χ1v) is 12.6. The molecule has 0 bridgehead atoms. The van der Waals surface area contributed by atoms with Crippen molar-refractivity contribution in [2.75, 3.05) is 32.2 Å². The molecule has 1 rings (SSSR count). The highest BCUT2D eigenvalue weighted by atomic mass is 32.2. The Balaban J connectivity index is 3.05. The molecule has 1 unspecified atom stereocenters. The lowest BCUT2D eigenvalue weighted by Gasteiger charge is -2.28. The molecule has 0 radical (unpaired) electrons. The molecule has 0 amide bonds. The van der Waals surface area contributed by atoms with Crippen molar-refractivity contribution in [3.63, 3.8) is 0 Å². The fraction of sp³-hybridized carbons (Fsp3) is 0.625. The molecule has 0 saturated heterocycles. The van der Waals surface area contributed by atoms with Crippen LogP contribution in [0.2, 0.25) is 0 Å². The molecule has 10 heteroatoms. The van der Waals surface area contributed by atoms with Crippen LogP contribution >= 0.6 is 27.2 Å². The Labute approximate surface area is 160 Å². The monoisotopic (exact) mass is 426 g/mol. The molecule has 1 atom stereocenters. The van der Waals surface area contributed by atoms with E-state index in [1.807, 2.05) is 30.3 Å². The Morgan fingerprint density at radius 2 is 1.35 bits per heavy atom. The molecule has 0 aliphatic carbocycles. The maximum Gasteiger partial charge on any atom is 0.475 e. The minimum Gasteiger partial charge on any atom is -0.307 e. The van der Waals surface area contributed by atoms with Gasteiger partial charge in [-0.3, -0.25) is 18.1 Å². The van der Waals surface area contributed by atoms with Gasteiger partial charge in [0.05, 0.1) is 26.4 Å². The van der Waals surface area contributed by atoms with E-state index in [1.54, 1.807) is 27.7 Å². The van der Waals surface area contributed by atoms with Crippen LogP contribution in [0.25, 0.3) is 0 Å². The molecular weight excluding hydrogens is 398 g/mol. The minimum absolute atomic E-state index is 0.128. The predicted octanol–water partition coefficient (Wildman–Crippen LogP) is 5.57. The molecule has 0 aliphatic heterocycles. The molecule has 0 heterocycles. The van der Waals surface area contributed by atoms with E-state index in [0.29, 0.717) is 0 Å². The van der Waals surface area contributed by atoms with Crippen LogP contribution in [-0.2, 0) is 31.7 Å². The van der Waals surface area contributed by atoms with E-state index < -0.39 is 21.3 Å². The first-order chi connectivity index (χ1) is 12.4. The van der Waals surface area contributed by atoms with Gasteiger partial charge in [-0.25, -0.2) is 4.57 Å². The molecule has 0 fully saturated rings. The van der Waals surface area contributed by atoms with Crippen molar-refractivity contribution >= 4 is 27.2 Å². The number of thioether (sulfide) groups is 1. The molecular formula is C16H28O7P2S. The Morgan fingerprint density at radius 3 is 1.81 bits per heavy atom. The van der Waals surface area contributed by atoms with Crippen LogP contribution in [0.5, 0.6) is 0 Å². The van der Waals surface area contributed by atoms with Gasteiger partial charge >= 0.3 is 15.4 Å². The van der Waals surface area contributed by atoms with E-state index in [2.05, 4.69) is 0 Å². The van der Waals surface area contributed by atoms with Gasteiger partial charge in [0.2, 0.25) is 0 Å². The summed E-state index contributed by atoms with van der Waals surface area (Å²) in [6.07, 6.45) is 0. The van der Waals surface area contributed by atoms with Crippen LogP contribution in [0.3, 0.4) is 0 Å². The summed E-state index contributed by atoms with van der Waals surface area (Å²) in [7, 11) is -7.57. The lowest BCUT2D eigenvalue weighted by molar-refractivity contribution is 0.0965. The fourth-order valence-electron chi connectivity index (χ4n) is 1.99. The van der Waals surface area contributed by atoms with E-state index in [1.165, 1.54) is 11.8 Å². The van der Waals surface area contributed by atoms with Crippen molar-refractivity contribution in [3.8, 4) is 0 Å². The summed E-state index contributed by atoms with van der Waals surface area (Å²) in [5, 5.41) is 0. The van der Waals surface area contributed by atoms with Crippen LogP contribution in [0.1, 0.15) is 27.7 Å². The summed E-state index contributed by atoms with van der Waals surface area (Å²) in [4.78, 5) is 0.947. The molecule has 0 saturated carbocycles. The lowest BCUT2D eigenvalue weighted by Crippen LogP contribution is -2.20. The predicted molar refractivity (Wildman–Crippen MR) is 104 cm³/mol. The average Bonchev–Trinajstić information content (AvgIpc) is 2.60. The van der Waals surface area contributed by atoms with E-state index >= 15 is 0 Å². The minimum atomic E-state index is -3.89. The van der Waals surface area contributed by atoms with Gasteiger partial charge in [0, 0.05) is 10.6 Å². The van der Waals surface area contributed by atoms with Crippen LogP contribution in [0.4, 0.5) is 0 Å². The zero-order valence-electron chi connectivity index (χ0n) is 15.7. The van der Waals surface area contributed by atoms with Crippen molar-refractivity contribution in [2.45, 2.75) is 38.4 Å². The standard InChI is InChI=1S/C16H28O7P2S/c1-5-19-24(17,20-6-2)16(14-26-15-12-10-9-11-13-15)23-25(18,21-7-3)22-8-4/h9-13,16H,5-8,14H2,1-4H3. The maximum absolute atomic E-state index is 13.2. The third-order valence-electron chi connectivity index (χ3n) is 2.93. The van der Waals surface area contributed by atoms with Crippen molar-refractivity contribution in [3.05, 3.63) is 30.3 Å². The summed E-state index contributed by atoms with van der Waals surface area (Å²) in [5.41, 5.74) is 0. The van der Waals surface area contributed by atoms with Gasteiger partial charge in [-0.2, -0.15) is 0 Å². The summed E-state index contributed by atoms with van der Waals surface area (Å²) >= 11 is 1.39. The van der Waals surface area contributed by atoms with E-state index in [4.69, 9.17) is 22.6 Å². The number of rotatable bonds is 14. The highest BCUT2D eigenvalue weighted by molar-refractivity contribution is 7.99. The number of phosphoric acid groups is 1. The summed E-state index contributed by atoms with van der Waals surface area (Å²) in [6.45, 7) is 7.35. The second-order valence-electron chi connectivity index (χ2n) is 4.84. The summed E-state index contributed by atoms with van der Waals surface area (Å²) < 4.78 is 52.7. The second kappa shape index (κ2) is 12.3. The van der Waals surface area contributed by atoms with Gasteiger partial charge in [-0.05, 0) is 39.8 Å². The average molecular weight is 426 g/mol. The van der Waals surface area contributed by atoms with Crippen molar-refractivity contribution < 1.29 is 31.7 Å². The van der Waals surface area contributed by atoms with Crippen LogP contribution < -0.4 is 0 Å². The van der Waals surface area contributed by atoms with Crippen LogP contribution in [0, 0.1) is 0 Å². The maximum atomic E-state index is 13.2. The van der Waals surface area contributed by atoms with Crippen molar-refractivity contribution in [1.29, 1.82) is 0 Å². The van der Waals surface area contributed by atoms with Gasteiger partial charge in [0.1, 0.15) is 0 Å². The van der Waals surface area contributed by atoms with Crippen molar-refractivity contribution in [1.82, 2.24) is 0 Å². The number of hydrogen-bond acceptors (Lipinski definition) is 8. The zero-order chi connectivity index (χ0) is 19.5. The highest BCUT2D eigenvalue weighted by Crippen LogP contribution is 2.61. The van der Waals surface area contributed by atoms with E-state index in [-0.39, 0.29) is 32.2 Å². The fourth-order valence-corrected chi connectivity index (χ4v) is 6.93. The molecule has 0 spiro atoms. The van der Waals surface area contributed by atoms with Crippen molar-refractivity contribution in [2.24, 2.45) is 0 Å². The third kappa shape index (κ3) is 7.83. The zero-order valence-corrected chi connectivity index (χ0v) is 18.3. The Bertz CT molecular complexity index is 580. The molecule has 150 valence electrons. The largest absolute Gasteiger partial charge is 0.475 e. The highest BCUT2D eigenvalue weighted by Gasteiger charge is 2.43. The molecule has 0 aliphatic rings. The SMILES string of the molecule is CCOP(=O)(OCC)OC(CSc1ccccc1)P(=O)(OCC)OCC. The lowest BCUT2D eigenvalue weighted by atomic mass is 10.4. The Kier molecular flexibility index (Phi) is 11.3. The third-order valence-corrected chi connectivity index (χ3v) is 8.31. The normalized spacial score (nSPS) is 13.7. The van der Waals surface area contributed by atoms with Gasteiger partial charge < -0.3 is 9.05 Å². The summed E-state index contributed by atoms with van der Waals surface area (Å²) in [6, 6.07) is 9.53. The summed E-state index contributed by atoms with van der Waals surface area (Å²) in [5.74, 6) is -0.901. The smallest absolute Gasteiger partial charge is 0.307 e. The van der Waals surface area contributed by atoms with E-state index in [0.717, 1.165) is 4.90 Å². The van der Waals surface area contributed by atoms with Gasteiger partial charge in [-0.1, -0.05) is 18.2 Å². The number of hydrogen-bond donors (Lipinski definition) is 0. The van der Waals surface area contributed by atoms with Gasteiger partial charge in [-0.15, -0.1) is 11.8 Å². The molecule has 7 nitrogen and oxygen atoms in total. The number of phosphoric ester groups is 1.